The van der Waals surface area contributed by atoms with Crippen LogP contribution in [-0.4, -0.2) is 33.5 Å². The van der Waals surface area contributed by atoms with Crippen molar-refractivity contribution >= 4 is 28.5 Å². The highest BCUT2D eigenvalue weighted by Gasteiger charge is 2.38. The molecular weight excluding hydrogens is 430 g/mol. The molecule has 9 heteroatoms. The summed E-state index contributed by atoms with van der Waals surface area (Å²) in [5.41, 5.74) is 0.861. The standard InChI is InChI=1S/C22H19F4N3OS/c1-3-11-29-20(30)19(13-15-5-4-6-17(12-15)22(24,25)26)31-21(29)28-27-14(2)16-7-9-18(23)10-8-16/h3-10,12,19H,1,11,13H2,2H3/b27-14+,28-21+/t19-/m0/s1. The second kappa shape index (κ2) is 9.47. The fraction of sp³-hybridized carbons (Fsp3) is 0.227. The Bertz CT molecular complexity index is 1030. The van der Waals surface area contributed by atoms with E-state index in [0.29, 0.717) is 22.0 Å². The number of amides is 1. The summed E-state index contributed by atoms with van der Waals surface area (Å²) in [5, 5.41) is 8.03. The van der Waals surface area contributed by atoms with E-state index in [0.717, 1.165) is 23.9 Å². The second-order valence-corrected chi connectivity index (χ2v) is 7.99. The second-order valence-electron chi connectivity index (χ2n) is 6.82. The van der Waals surface area contributed by atoms with Gasteiger partial charge in [-0.25, -0.2) is 4.39 Å². The maximum Gasteiger partial charge on any atom is 0.416 e. The minimum absolute atomic E-state index is 0.126. The van der Waals surface area contributed by atoms with E-state index in [1.54, 1.807) is 25.1 Å². The van der Waals surface area contributed by atoms with Crippen LogP contribution < -0.4 is 0 Å². The van der Waals surface area contributed by atoms with Crippen LogP contribution in [-0.2, 0) is 17.4 Å². The van der Waals surface area contributed by atoms with Gasteiger partial charge >= 0.3 is 6.18 Å². The van der Waals surface area contributed by atoms with Gasteiger partial charge in [-0.15, -0.1) is 11.7 Å². The number of benzene rings is 2. The van der Waals surface area contributed by atoms with Crippen LogP contribution in [0.25, 0.3) is 0 Å². The van der Waals surface area contributed by atoms with Crippen LogP contribution in [0.15, 0.2) is 71.4 Å². The monoisotopic (exact) mass is 449 g/mol. The average Bonchev–Trinajstić information content (AvgIpc) is 3.01. The quantitative estimate of drug-likeness (QED) is 0.260. The Morgan fingerprint density at radius 1 is 1.23 bits per heavy atom. The number of halogens is 4. The van der Waals surface area contributed by atoms with E-state index in [2.05, 4.69) is 16.8 Å². The molecule has 0 radical (unpaired) electrons. The van der Waals surface area contributed by atoms with Gasteiger partial charge in [0.15, 0.2) is 5.17 Å². The Morgan fingerprint density at radius 2 is 1.94 bits per heavy atom. The third kappa shape index (κ3) is 5.61. The Labute approximate surface area is 181 Å². The molecule has 0 spiro atoms. The summed E-state index contributed by atoms with van der Waals surface area (Å²) in [6, 6.07) is 10.7. The van der Waals surface area contributed by atoms with Crippen LogP contribution in [0.1, 0.15) is 23.6 Å². The van der Waals surface area contributed by atoms with Crippen molar-refractivity contribution < 1.29 is 22.4 Å². The Kier molecular flexibility index (Phi) is 6.94. The summed E-state index contributed by atoms with van der Waals surface area (Å²) in [7, 11) is 0. The van der Waals surface area contributed by atoms with Crippen molar-refractivity contribution in [3.05, 3.63) is 83.7 Å². The summed E-state index contributed by atoms with van der Waals surface area (Å²) >= 11 is 1.14. The molecule has 2 aromatic carbocycles. The number of amidine groups is 1. The van der Waals surface area contributed by atoms with Crippen LogP contribution >= 0.6 is 11.8 Å². The van der Waals surface area contributed by atoms with Crippen molar-refractivity contribution in [1.29, 1.82) is 0 Å². The van der Waals surface area contributed by atoms with Gasteiger partial charge in [-0.05, 0) is 42.7 Å². The first kappa shape index (κ1) is 22.7. The van der Waals surface area contributed by atoms with Gasteiger partial charge in [-0.3, -0.25) is 9.69 Å². The number of carbonyl (C=O) groups is 1. The molecule has 1 heterocycles. The molecule has 1 aliphatic heterocycles. The lowest BCUT2D eigenvalue weighted by Gasteiger charge is -2.13. The molecule has 0 aliphatic carbocycles. The average molecular weight is 449 g/mol. The lowest BCUT2D eigenvalue weighted by atomic mass is 10.1. The van der Waals surface area contributed by atoms with E-state index < -0.39 is 17.0 Å². The highest BCUT2D eigenvalue weighted by Crippen LogP contribution is 2.33. The van der Waals surface area contributed by atoms with Crippen molar-refractivity contribution in [2.24, 2.45) is 10.2 Å². The minimum atomic E-state index is -4.45. The molecule has 31 heavy (non-hydrogen) atoms. The Morgan fingerprint density at radius 3 is 2.58 bits per heavy atom. The molecule has 4 nitrogen and oxygen atoms in total. The van der Waals surface area contributed by atoms with Gasteiger partial charge in [-0.1, -0.05) is 48.2 Å². The predicted molar refractivity (Wildman–Crippen MR) is 114 cm³/mol. The van der Waals surface area contributed by atoms with E-state index in [-0.39, 0.29) is 24.7 Å². The van der Waals surface area contributed by atoms with Gasteiger partial charge in [0, 0.05) is 6.54 Å². The fourth-order valence-electron chi connectivity index (χ4n) is 2.97. The first-order chi connectivity index (χ1) is 14.7. The number of nitrogens with zero attached hydrogens (tertiary/aromatic N) is 3. The summed E-state index contributed by atoms with van der Waals surface area (Å²) < 4.78 is 52.0. The number of rotatable bonds is 6. The van der Waals surface area contributed by atoms with Gasteiger partial charge in [0.1, 0.15) is 5.82 Å². The van der Waals surface area contributed by atoms with Gasteiger partial charge < -0.3 is 0 Å². The van der Waals surface area contributed by atoms with Crippen molar-refractivity contribution in [3.8, 4) is 0 Å². The van der Waals surface area contributed by atoms with E-state index in [9.17, 15) is 22.4 Å². The minimum Gasteiger partial charge on any atom is -0.285 e. The molecule has 0 unspecified atom stereocenters. The molecule has 3 rings (SSSR count). The third-order valence-electron chi connectivity index (χ3n) is 4.55. The molecule has 0 N–H and O–H groups in total. The first-order valence-corrected chi connectivity index (χ1v) is 10.2. The van der Waals surface area contributed by atoms with Crippen LogP contribution in [0.4, 0.5) is 17.6 Å². The number of thioether (sulfide) groups is 1. The van der Waals surface area contributed by atoms with Crippen molar-refractivity contribution in [3.63, 3.8) is 0 Å². The molecule has 0 saturated carbocycles. The molecule has 162 valence electrons. The third-order valence-corrected chi connectivity index (χ3v) is 5.72. The van der Waals surface area contributed by atoms with Crippen molar-refractivity contribution in [2.75, 3.05) is 6.54 Å². The van der Waals surface area contributed by atoms with Crippen LogP contribution in [0.5, 0.6) is 0 Å². The zero-order valence-electron chi connectivity index (χ0n) is 16.6. The normalized spacial score (nSPS) is 18.7. The molecule has 1 aliphatic rings. The topological polar surface area (TPSA) is 45.0 Å². The lowest BCUT2D eigenvalue weighted by Crippen LogP contribution is -2.32. The van der Waals surface area contributed by atoms with Crippen LogP contribution in [0.2, 0.25) is 0 Å². The van der Waals surface area contributed by atoms with Gasteiger partial charge in [-0.2, -0.15) is 18.3 Å². The highest BCUT2D eigenvalue weighted by atomic mass is 32.2. The molecular formula is C22H19F4N3OS. The SMILES string of the molecule is C=CCN1C(=O)[C@H](Cc2cccc(C(F)(F)F)c2)S/C1=N/N=C(\C)c1ccc(F)cc1. The van der Waals surface area contributed by atoms with E-state index in [1.165, 1.54) is 29.2 Å². The van der Waals surface area contributed by atoms with Gasteiger partial charge in [0.2, 0.25) is 5.91 Å². The number of hydrogen-bond acceptors (Lipinski definition) is 4. The molecule has 0 bridgehead atoms. The Balaban J connectivity index is 1.82. The maximum atomic E-state index is 13.1. The summed E-state index contributed by atoms with van der Waals surface area (Å²) in [6.07, 6.45) is -2.78. The highest BCUT2D eigenvalue weighted by molar-refractivity contribution is 8.15. The first-order valence-electron chi connectivity index (χ1n) is 9.32. The van der Waals surface area contributed by atoms with Crippen molar-refractivity contribution in [1.82, 2.24) is 4.90 Å². The van der Waals surface area contributed by atoms with Crippen molar-refractivity contribution in [2.45, 2.75) is 24.8 Å². The van der Waals surface area contributed by atoms with E-state index in [1.807, 2.05) is 0 Å². The molecule has 2 aromatic rings. The Hall–Kier alpha value is -2.94. The number of alkyl halides is 3. The lowest BCUT2D eigenvalue weighted by molar-refractivity contribution is -0.137. The van der Waals surface area contributed by atoms with Crippen LogP contribution in [0, 0.1) is 5.82 Å². The molecule has 1 atom stereocenters. The molecule has 1 amide bonds. The van der Waals surface area contributed by atoms with E-state index in [4.69, 9.17) is 0 Å². The molecule has 1 fully saturated rings. The summed E-state index contributed by atoms with van der Waals surface area (Å²) in [5.74, 6) is -0.634. The largest absolute Gasteiger partial charge is 0.416 e. The zero-order valence-corrected chi connectivity index (χ0v) is 17.4. The molecule has 0 aromatic heterocycles. The maximum absolute atomic E-state index is 13.1. The summed E-state index contributed by atoms with van der Waals surface area (Å²) in [4.78, 5) is 14.2. The number of carbonyl (C=O) groups excluding carboxylic acids is 1. The molecule has 1 saturated heterocycles. The van der Waals surface area contributed by atoms with Gasteiger partial charge in [0.05, 0.1) is 16.5 Å². The smallest absolute Gasteiger partial charge is 0.285 e. The summed E-state index contributed by atoms with van der Waals surface area (Å²) in [6.45, 7) is 5.55. The number of hydrogen-bond donors (Lipinski definition) is 0. The van der Waals surface area contributed by atoms with Crippen LogP contribution in [0.3, 0.4) is 0 Å². The van der Waals surface area contributed by atoms with Gasteiger partial charge in [0.25, 0.3) is 0 Å². The van der Waals surface area contributed by atoms with E-state index >= 15 is 0 Å². The zero-order chi connectivity index (χ0) is 22.6. The predicted octanol–water partition coefficient (Wildman–Crippen LogP) is 5.30. The fourth-order valence-corrected chi connectivity index (χ4v) is 4.11.